The first-order chi connectivity index (χ1) is 17.5. The molecule has 0 bridgehead atoms. The highest BCUT2D eigenvalue weighted by Gasteiger charge is 2.23. The van der Waals surface area contributed by atoms with Gasteiger partial charge in [-0.25, -0.2) is 23.7 Å². The van der Waals surface area contributed by atoms with E-state index in [-0.39, 0.29) is 17.5 Å². The van der Waals surface area contributed by atoms with Crippen molar-refractivity contribution in [2.75, 3.05) is 31.1 Å². The maximum absolute atomic E-state index is 13.4. The number of piperazine rings is 1. The normalized spacial score (nSPS) is 13.8. The third-order valence-corrected chi connectivity index (χ3v) is 6.67. The molecule has 4 aromatic rings. The van der Waals surface area contributed by atoms with E-state index < -0.39 is 0 Å². The molecule has 0 aliphatic carbocycles. The van der Waals surface area contributed by atoms with Crippen LogP contribution in [0.15, 0.2) is 60.7 Å². The van der Waals surface area contributed by atoms with Gasteiger partial charge in [-0.2, -0.15) is 0 Å². The van der Waals surface area contributed by atoms with Gasteiger partial charge in [-0.05, 0) is 66.3 Å². The van der Waals surface area contributed by atoms with E-state index in [1.165, 1.54) is 24.3 Å². The highest BCUT2D eigenvalue weighted by Crippen LogP contribution is 2.27. The number of benzene rings is 2. The number of pyridine rings is 1. The predicted molar refractivity (Wildman–Crippen MR) is 142 cm³/mol. The molecule has 184 valence electrons. The van der Waals surface area contributed by atoms with Crippen LogP contribution < -0.4 is 10.2 Å². The molecule has 2 aromatic carbocycles. The minimum atomic E-state index is -0.295. The number of nitrogens with zero attached hydrogens (tertiary/aromatic N) is 5. The van der Waals surface area contributed by atoms with Crippen LogP contribution in [0.5, 0.6) is 0 Å². The van der Waals surface area contributed by atoms with Crippen LogP contribution in [0.25, 0.3) is 22.3 Å². The van der Waals surface area contributed by atoms with Crippen LogP contribution in [0.3, 0.4) is 0 Å². The van der Waals surface area contributed by atoms with E-state index in [1.807, 2.05) is 18.2 Å². The Kier molecular flexibility index (Phi) is 7.20. The fraction of sp³-hybridized carbons (Fsp3) is 0.231. The Balaban J connectivity index is 1.33. The summed E-state index contributed by atoms with van der Waals surface area (Å²) in [5, 5.41) is 3.85. The van der Waals surface area contributed by atoms with E-state index in [9.17, 15) is 8.78 Å². The van der Waals surface area contributed by atoms with Crippen molar-refractivity contribution in [3.63, 3.8) is 0 Å². The summed E-state index contributed by atoms with van der Waals surface area (Å²) in [5.74, 6) is 0.884. The summed E-state index contributed by atoms with van der Waals surface area (Å²) in [6.45, 7) is 3.20. The summed E-state index contributed by atoms with van der Waals surface area (Å²) in [6, 6.07) is 16.5. The number of fused-ring (bicyclic) bond motifs is 1. The van der Waals surface area contributed by atoms with Gasteiger partial charge in [0.2, 0.25) is 0 Å². The van der Waals surface area contributed by atoms with E-state index in [2.05, 4.69) is 20.1 Å². The standard InChI is InChI=1S/C26H23ClF2N6S/c27-15-23-31-22-9-8-21(18-4-6-19(28)7-5-18)32-24(22)25(33-23)34-10-12-35(13-11-34)26(36)30-16-17-2-1-3-20(29)14-17/h1-9,14H,10-13,15-16H2,(H,30,36). The van der Waals surface area contributed by atoms with Gasteiger partial charge in [0.05, 0.1) is 17.1 Å². The van der Waals surface area contributed by atoms with E-state index in [0.717, 1.165) is 16.9 Å². The van der Waals surface area contributed by atoms with Crippen LogP contribution in [0.4, 0.5) is 14.6 Å². The minimum Gasteiger partial charge on any atom is -0.358 e. The van der Waals surface area contributed by atoms with E-state index in [4.69, 9.17) is 33.8 Å². The molecule has 1 N–H and O–H groups in total. The average molecular weight is 525 g/mol. The monoisotopic (exact) mass is 524 g/mol. The molecule has 3 heterocycles. The second-order valence-electron chi connectivity index (χ2n) is 8.43. The number of rotatable bonds is 5. The van der Waals surface area contributed by atoms with E-state index in [0.29, 0.717) is 60.4 Å². The number of nitrogens with one attached hydrogen (secondary N) is 1. The van der Waals surface area contributed by atoms with Crippen LogP contribution in [-0.2, 0) is 12.4 Å². The molecular weight excluding hydrogens is 502 g/mol. The number of alkyl halides is 1. The third-order valence-electron chi connectivity index (χ3n) is 6.03. The summed E-state index contributed by atoms with van der Waals surface area (Å²) < 4.78 is 26.8. The van der Waals surface area contributed by atoms with Crippen molar-refractivity contribution in [1.82, 2.24) is 25.2 Å². The Morgan fingerprint density at radius 2 is 1.69 bits per heavy atom. The van der Waals surface area contributed by atoms with Gasteiger partial charge in [-0.3, -0.25) is 0 Å². The van der Waals surface area contributed by atoms with Crippen molar-refractivity contribution in [1.29, 1.82) is 0 Å². The Labute approximate surface area is 217 Å². The van der Waals surface area contributed by atoms with Crippen molar-refractivity contribution in [3.05, 3.63) is 83.7 Å². The molecule has 1 fully saturated rings. The first-order valence-corrected chi connectivity index (χ1v) is 12.5. The Hall–Kier alpha value is -3.43. The van der Waals surface area contributed by atoms with Gasteiger partial charge in [0, 0.05) is 38.3 Å². The highest BCUT2D eigenvalue weighted by atomic mass is 35.5. The summed E-state index contributed by atoms with van der Waals surface area (Å²) in [7, 11) is 0. The van der Waals surface area contributed by atoms with Crippen LogP contribution in [-0.4, -0.2) is 51.1 Å². The molecule has 1 saturated heterocycles. The minimum absolute atomic E-state index is 0.191. The molecular formula is C26H23ClF2N6S. The fourth-order valence-corrected chi connectivity index (χ4v) is 4.54. The Morgan fingerprint density at radius 1 is 0.917 bits per heavy atom. The molecule has 0 atom stereocenters. The summed E-state index contributed by atoms with van der Waals surface area (Å²) in [4.78, 5) is 18.3. The topological polar surface area (TPSA) is 57.2 Å². The van der Waals surface area contributed by atoms with Crippen molar-refractivity contribution < 1.29 is 8.78 Å². The van der Waals surface area contributed by atoms with Crippen molar-refractivity contribution >= 4 is 45.8 Å². The molecule has 0 unspecified atom stereocenters. The zero-order valence-electron chi connectivity index (χ0n) is 19.3. The van der Waals surface area contributed by atoms with E-state index >= 15 is 0 Å². The molecule has 5 rings (SSSR count). The molecule has 2 aromatic heterocycles. The molecule has 36 heavy (non-hydrogen) atoms. The van der Waals surface area contributed by atoms with Gasteiger partial charge in [0.15, 0.2) is 10.9 Å². The van der Waals surface area contributed by atoms with E-state index in [1.54, 1.807) is 18.2 Å². The maximum atomic E-state index is 13.4. The zero-order valence-corrected chi connectivity index (χ0v) is 20.9. The first-order valence-electron chi connectivity index (χ1n) is 11.5. The number of halogens is 3. The number of hydrogen-bond acceptors (Lipinski definition) is 5. The molecule has 0 spiro atoms. The third kappa shape index (κ3) is 5.37. The summed E-state index contributed by atoms with van der Waals surface area (Å²) in [6.07, 6.45) is 0. The molecule has 10 heteroatoms. The molecule has 0 radical (unpaired) electrons. The van der Waals surface area contributed by atoms with Gasteiger partial charge < -0.3 is 15.1 Å². The van der Waals surface area contributed by atoms with Gasteiger partial charge >= 0.3 is 0 Å². The largest absolute Gasteiger partial charge is 0.358 e. The lowest BCUT2D eigenvalue weighted by atomic mass is 10.1. The molecule has 1 aliphatic rings. The van der Waals surface area contributed by atoms with Crippen molar-refractivity contribution in [3.8, 4) is 11.3 Å². The average Bonchev–Trinajstić information content (AvgIpc) is 2.91. The lowest BCUT2D eigenvalue weighted by Crippen LogP contribution is -2.51. The smallest absolute Gasteiger partial charge is 0.169 e. The quantitative estimate of drug-likeness (QED) is 0.294. The number of anilines is 1. The lowest BCUT2D eigenvalue weighted by molar-refractivity contribution is 0.379. The number of aromatic nitrogens is 3. The summed E-state index contributed by atoms with van der Waals surface area (Å²) >= 11 is 11.7. The lowest BCUT2D eigenvalue weighted by Gasteiger charge is -2.37. The van der Waals surface area contributed by atoms with Gasteiger partial charge in [0.25, 0.3) is 0 Å². The van der Waals surface area contributed by atoms with Crippen LogP contribution in [0.2, 0.25) is 0 Å². The second kappa shape index (κ2) is 10.7. The highest BCUT2D eigenvalue weighted by molar-refractivity contribution is 7.80. The molecule has 0 saturated carbocycles. The van der Waals surface area contributed by atoms with Gasteiger partial charge in [-0.15, -0.1) is 11.6 Å². The van der Waals surface area contributed by atoms with Crippen molar-refractivity contribution in [2.24, 2.45) is 0 Å². The van der Waals surface area contributed by atoms with Gasteiger partial charge in [0.1, 0.15) is 23.0 Å². The maximum Gasteiger partial charge on any atom is 0.169 e. The molecule has 0 amide bonds. The first kappa shape index (κ1) is 24.3. The van der Waals surface area contributed by atoms with Crippen LogP contribution in [0.1, 0.15) is 11.4 Å². The second-order valence-corrected chi connectivity index (χ2v) is 9.08. The summed E-state index contributed by atoms with van der Waals surface area (Å²) in [5.41, 5.74) is 3.74. The predicted octanol–water partition coefficient (Wildman–Crippen LogP) is 4.91. The van der Waals surface area contributed by atoms with Crippen molar-refractivity contribution in [2.45, 2.75) is 12.4 Å². The number of hydrogen-bond donors (Lipinski definition) is 1. The number of thiocarbonyl (C=S) groups is 1. The van der Waals surface area contributed by atoms with Crippen LogP contribution >= 0.6 is 23.8 Å². The fourth-order valence-electron chi connectivity index (χ4n) is 4.17. The Bertz CT molecular complexity index is 1390. The molecule has 6 nitrogen and oxygen atoms in total. The SMILES string of the molecule is Fc1ccc(-c2ccc3nc(CCl)nc(N4CCN(C(=S)NCc5cccc(F)c5)CC4)c3n2)cc1. The Morgan fingerprint density at radius 3 is 2.42 bits per heavy atom. The molecule has 1 aliphatic heterocycles. The van der Waals surface area contributed by atoms with Gasteiger partial charge in [-0.1, -0.05) is 12.1 Å². The zero-order chi connectivity index (χ0) is 25.1. The van der Waals surface area contributed by atoms with Crippen LogP contribution in [0, 0.1) is 11.6 Å².